The van der Waals surface area contributed by atoms with E-state index in [-0.39, 0.29) is 12.5 Å². The summed E-state index contributed by atoms with van der Waals surface area (Å²) in [5, 5.41) is 13.9. The fraction of sp³-hybridized carbons (Fsp3) is 0.0714. The lowest BCUT2D eigenvalue weighted by atomic mass is 10.2. The third kappa shape index (κ3) is 4.13. The van der Waals surface area contributed by atoms with Crippen LogP contribution < -0.4 is 5.32 Å². The summed E-state index contributed by atoms with van der Waals surface area (Å²) in [4.78, 5) is 12.8. The maximum Gasteiger partial charge on any atom is 0.256 e. The van der Waals surface area contributed by atoms with Gasteiger partial charge in [0, 0.05) is 5.38 Å². The SMILES string of the molecule is O=C(Nc1cc(Cl)c(Cl)cc1Cl)c1csc(C#CCO)c1. The Morgan fingerprint density at radius 1 is 1.19 bits per heavy atom. The van der Waals surface area contributed by atoms with E-state index in [4.69, 9.17) is 39.9 Å². The Morgan fingerprint density at radius 2 is 1.90 bits per heavy atom. The first-order chi connectivity index (χ1) is 10.0. The molecule has 7 heteroatoms. The molecule has 0 radical (unpaired) electrons. The molecule has 0 saturated carbocycles. The average Bonchev–Trinajstić information content (AvgIpc) is 2.91. The van der Waals surface area contributed by atoms with Crippen LogP contribution in [0, 0.1) is 11.8 Å². The van der Waals surface area contributed by atoms with Gasteiger partial charge in [0.15, 0.2) is 0 Å². The van der Waals surface area contributed by atoms with E-state index in [1.54, 1.807) is 11.4 Å². The van der Waals surface area contributed by atoms with Gasteiger partial charge in [0.2, 0.25) is 0 Å². The average molecular weight is 361 g/mol. The van der Waals surface area contributed by atoms with Crippen molar-refractivity contribution in [2.75, 3.05) is 11.9 Å². The van der Waals surface area contributed by atoms with Crippen LogP contribution >= 0.6 is 46.1 Å². The van der Waals surface area contributed by atoms with Crippen molar-refractivity contribution in [3.05, 3.63) is 49.1 Å². The molecule has 0 spiro atoms. The molecular formula is C14H8Cl3NO2S. The van der Waals surface area contributed by atoms with E-state index in [1.165, 1.54) is 23.5 Å². The van der Waals surface area contributed by atoms with Crippen LogP contribution in [0.15, 0.2) is 23.6 Å². The zero-order valence-electron chi connectivity index (χ0n) is 10.4. The molecule has 21 heavy (non-hydrogen) atoms. The summed E-state index contributed by atoms with van der Waals surface area (Å²) in [7, 11) is 0. The number of carbonyl (C=O) groups is 1. The number of thiophene rings is 1. The summed E-state index contributed by atoms with van der Waals surface area (Å²) in [6.07, 6.45) is 0. The van der Waals surface area contributed by atoms with Crippen LogP contribution in [-0.2, 0) is 0 Å². The van der Waals surface area contributed by atoms with Gasteiger partial charge in [-0.05, 0) is 18.2 Å². The summed E-state index contributed by atoms with van der Waals surface area (Å²) in [6.45, 7) is -0.224. The first-order valence-corrected chi connectivity index (χ1v) is 7.66. The number of aliphatic hydroxyl groups excluding tert-OH is 1. The monoisotopic (exact) mass is 359 g/mol. The first kappa shape index (κ1) is 16.2. The highest BCUT2D eigenvalue weighted by atomic mass is 35.5. The highest BCUT2D eigenvalue weighted by Crippen LogP contribution is 2.32. The Morgan fingerprint density at radius 3 is 2.62 bits per heavy atom. The second kappa shape index (κ2) is 7.17. The van der Waals surface area contributed by atoms with Crippen molar-refractivity contribution in [3.63, 3.8) is 0 Å². The smallest absolute Gasteiger partial charge is 0.256 e. The fourth-order valence-corrected chi connectivity index (χ4v) is 2.81. The van der Waals surface area contributed by atoms with Gasteiger partial charge in [-0.25, -0.2) is 0 Å². The number of benzene rings is 1. The van der Waals surface area contributed by atoms with Gasteiger partial charge in [0.1, 0.15) is 6.61 Å². The molecule has 0 unspecified atom stereocenters. The maximum atomic E-state index is 12.1. The molecule has 0 aliphatic rings. The standard InChI is InChI=1S/C14H8Cl3NO2S/c15-10-5-12(17)13(6-11(10)16)18-14(20)8-4-9(21-7-8)2-1-3-19/h4-7,19H,3H2,(H,18,20). The summed E-state index contributed by atoms with van der Waals surface area (Å²) >= 11 is 19.0. The lowest BCUT2D eigenvalue weighted by Crippen LogP contribution is -2.11. The van der Waals surface area contributed by atoms with Gasteiger partial charge in [0.05, 0.1) is 31.2 Å². The number of rotatable bonds is 2. The van der Waals surface area contributed by atoms with Crippen molar-refractivity contribution in [2.45, 2.75) is 0 Å². The van der Waals surface area contributed by atoms with Gasteiger partial charge in [0.25, 0.3) is 5.91 Å². The van der Waals surface area contributed by atoms with Crippen molar-refractivity contribution in [1.82, 2.24) is 0 Å². The van der Waals surface area contributed by atoms with Crippen LogP contribution in [0.5, 0.6) is 0 Å². The molecule has 0 bridgehead atoms. The minimum Gasteiger partial charge on any atom is -0.384 e. The van der Waals surface area contributed by atoms with Crippen molar-refractivity contribution in [3.8, 4) is 11.8 Å². The largest absolute Gasteiger partial charge is 0.384 e. The molecular weight excluding hydrogens is 353 g/mol. The Hall–Kier alpha value is -1.22. The molecule has 0 fully saturated rings. The van der Waals surface area contributed by atoms with Gasteiger partial charge in [-0.2, -0.15) is 0 Å². The van der Waals surface area contributed by atoms with Gasteiger partial charge in [-0.15, -0.1) is 11.3 Å². The van der Waals surface area contributed by atoms with Gasteiger partial charge in [-0.3, -0.25) is 4.79 Å². The molecule has 0 aliphatic heterocycles. The highest BCUT2D eigenvalue weighted by Gasteiger charge is 2.12. The van der Waals surface area contributed by atoms with E-state index in [9.17, 15) is 4.79 Å². The number of carbonyl (C=O) groups excluding carboxylic acids is 1. The van der Waals surface area contributed by atoms with Crippen molar-refractivity contribution < 1.29 is 9.90 Å². The minimum atomic E-state index is -0.330. The number of nitrogens with one attached hydrogen (secondary N) is 1. The first-order valence-electron chi connectivity index (χ1n) is 5.65. The normalized spacial score (nSPS) is 9.90. The van der Waals surface area contributed by atoms with Gasteiger partial charge in [-0.1, -0.05) is 46.6 Å². The molecule has 1 aromatic carbocycles. The number of aliphatic hydroxyl groups is 1. The van der Waals surface area contributed by atoms with Crippen molar-refractivity contribution >= 4 is 57.7 Å². The van der Waals surface area contributed by atoms with Gasteiger partial charge >= 0.3 is 0 Å². The van der Waals surface area contributed by atoms with E-state index in [2.05, 4.69) is 17.2 Å². The molecule has 108 valence electrons. The summed E-state index contributed by atoms with van der Waals surface area (Å²) < 4.78 is 0. The minimum absolute atomic E-state index is 0.224. The topological polar surface area (TPSA) is 49.3 Å². The predicted octanol–water partition coefficient (Wildman–Crippen LogP) is 4.30. The van der Waals surface area contributed by atoms with Crippen LogP contribution in [0.3, 0.4) is 0 Å². The maximum absolute atomic E-state index is 12.1. The number of hydrogen-bond donors (Lipinski definition) is 2. The zero-order chi connectivity index (χ0) is 15.4. The predicted molar refractivity (Wildman–Crippen MR) is 87.7 cm³/mol. The van der Waals surface area contributed by atoms with Crippen molar-refractivity contribution in [1.29, 1.82) is 0 Å². The van der Waals surface area contributed by atoms with E-state index >= 15 is 0 Å². The fourth-order valence-electron chi connectivity index (χ4n) is 1.46. The van der Waals surface area contributed by atoms with Crippen molar-refractivity contribution in [2.24, 2.45) is 0 Å². The zero-order valence-corrected chi connectivity index (χ0v) is 13.5. The molecule has 0 aliphatic carbocycles. The molecule has 1 aromatic heterocycles. The molecule has 2 aromatic rings. The Bertz CT molecular complexity index is 746. The molecule has 1 amide bonds. The van der Waals surface area contributed by atoms with Crippen LogP contribution in [-0.4, -0.2) is 17.6 Å². The van der Waals surface area contributed by atoms with Gasteiger partial charge < -0.3 is 10.4 Å². The molecule has 2 rings (SSSR count). The second-order valence-electron chi connectivity index (χ2n) is 3.86. The highest BCUT2D eigenvalue weighted by molar-refractivity contribution is 7.10. The third-order valence-electron chi connectivity index (χ3n) is 2.41. The lowest BCUT2D eigenvalue weighted by Gasteiger charge is -2.07. The Balaban J connectivity index is 2.18. The Labute approximate surface area is 140 Å². The van der Waals surface area contributed by atoms with E-state index in [0.29, 0.717) is 31.2 Å². The third-order valence-corrected chi connectivity index (χ3v) is 4.29. The van der Waals surface area contributed by atoms with Crippen LogP contribution in [0.2, 0.25) is 15.1 Å². The summed E-state index contributed by atoms with van der Waals surface area (Å²) in [5.74, 6) is 4.93. The molecule has 0 atom stereocenters. The number of hydrogen-bond acceptors (Lipinski definition) is 3. The van der Waals surface area contributed by atoms with Crippen LogP contribution in [0.1, 0.15) is 15.2 Å². The van der Waals surface area contributed by atoms with E-state index < -0.39 is 0 Å². The quantitative estimate of drug-likeness (QED) is 0.619. The Kier molecular flexibility index (Phi) is 5.51. The van der Waals surface area contributed by atoms with Crippen LogP contribution in [0.4, 0.5) is 5.69 Å². The molecule has 1 heterocycles. The molecule has 2 N–H and O–H groups in total. The number of anilines is 1. The number of halogens is 3. The summed E-state index contributed by atoms with van der Waals surface area (Å²) in [6, 6.07) is 4.59. The second-order valence-corrected chi connectivity index (χ2v) is 5.99. The van der Waals surface area contributed by atoms with E-state index in [0.717, 1.165) is 0 Å². The summed E-state index contributed by atoms with van der Waals surface area (Å²) in [5.41, 5.74) is 0.828. The molecule has 0 saturated heterocycles. The van der Waals surface area contributed by atoms with Crippen LogP contribution in [0.25, 0.3) is 0 Å². The lowest BCUT2D eigenvalue weighted by molar-refractivity contribution is 0.102. The number of amides is 1. The molecule has 3 nitrogen and oxygen atoms in total. The van der Waals surface area contributed by atoms with E-state index in [1.807, 2.05) is 0 Å².